The van der Waals surface area contributed by atoms with Gasteiger partial charge in [-0.05, 0) is 56.2 Å². The minimum Gasteiger partial charge on any atom is -0.497 e. The van der Waals surface area contributed by atoms with E-state index in [1.807, 2.05) is 18.3 Å². The highest BCUT2D eigenvalue weighted by Crippen LogP contribution is 2.23. The monoisotopic (exact) mass is 314 g/mol. The molecule has 0 radical (unpaired) electrons. The van der Waals surface area contributed by atoms with Crippen LogP contribution in [-0.2, 0) is 6.54 Å². The molecule has 2 N–H and O–H groups in total. The van der Waals surface area contributed by atoms with Crippen molar-refractivity contribution in [1.82, 2.24) is 20.4 Å². The van der Waals surface area contributed by atoms with Gasteiger partial charge in [-0.2, -0.15) is 5.10 Å². The Morgan fingerprint density at radius 2 is 2.17 bits per heavy atom. The van der Waals surface area contributed by atoms with E-state index >= 15 is 0 Å². The van der Waals surface area contributed by atoms with Crippen LogP contribution >= 0.6 is 0 Å². The lowest BCUT2D eigenvalue weighted by molar-refractivity contribution is 0.339. The highest BCUT2D eigenvalue weighted by molar-refractivity contribution is 5.63. The predicted molar refractivity (Wildman–Crippen MR) is 92.5 cm³/mol. The third kappa shape index (κ3) is 3.92. The van der Waals surface area contributed by atoms with Crippen LogP contribution < -0.4 is 10.1 Å². The number of H-pyrrole nitrogens is 1. The molecule has 5 heteroatoms. The molecule has 1 aromatic carbocycles. The number of ether oxygens (including phenoxy) is 1. The smallest absolute Gasteiger partial charge is 0.118 e. The van der Waals surface area contributed by atoms with Gasteiger partial charge in [0.25, 0.3) is 0 Å². The number of rotatable bonds is 7. The first kappa shape index (κ1) is 16.0. The van der Waals surface area contributed by atoms with E-state index in [4.69, 9.17) is 4.74 Å². The molecule has 1 aliphatic heterocycles. The summed E-state index contributed by atoms with van der Waals surface area (Å²) in [5.74, 6) is 1.64. The molecule has 0 bridgehead atoms. The van der Waals surface area contributed by atoms with Gasteiger partial charge in [0.05, 0.1) is 19.0 Å². The zero-order valence-corrected chi connectivity index (χ0v) is 14.0. The van der Waals surface area contributed by atoms with Crippen LogP contribution in [0.2, 0.25) is 0 Å². The number of aromatic nitrogens is 2. The second-order valence-corrected chi connectivity index (χ2v) is 6.18. The van der Waals surface area contributed by atoms with E-state index in [9.17, 15) is 0 Å². The van der Waals surface area contributed by atoms with Gasteiger partial charge < -0.3 is 15.0 Å². The van der Waals surface area contributed by atoms with Crippen molar-refractivity contribution in [3.8, 4) is 17.0 Å². The maximum Gasteiger partial charge on any atom is 0.118 e. The van der Waals surface area contributed by atoms with Gasteiger partial charge in [-0.3, -0.25) is 5.10 Å². The van der Waals surface area contributed by atoms with Gasteiger partial charge in [0.1, 0.15) is 5.75 Å². The number of hydrogen-bond donors (Lipinski definition) is 2. The van der Waals surface area contributed by atoms with Crippen LogP contribution in [0.25, 0.3) is 11.3 Å². The van der Waals surface area contributed by atoms with E-state index in [2.05, 4.69) is 39.5 Å². The number of benzene rings is 1. The van der Waals surface area contributed by atoms with E-state index in [0.717, 1.165) is 36.0 Å². The van der Waals surface area contributed by atoms with E-state index in [0.29, 0.717) is 0 Å². The van der Waals surface area contributed by atoms with Crippen LogP contribution in [0.4, 0.5) is 0 Å². The Hall–Kier alpha value is -1.85. The quantitative estimate of drug-likeness (QED) is 0.824. The predicted octanol–water partition coefficient (Wildman–Crippen LogP) is 2.52. The van der Waals surface area contributed by atoms with Crippen LogP contribution in [0.5, 0.6) is 5.75 Å². The summed E-state index contributed by atoms with van der Waals surface area (Å²) >= 11 is 0. The summed E-state index contributed by atoms with van der Waals surface area (Å²) in [6, 6.07) is 8.08. The van der Waals surface area contributed by atoms with Gasteiger partial charge in [-0.15, -0.1) is 0 Å². The molecule has 1 atom stereocenters. The molecule has 1 saturated heterocycles. The van der Waals surface area contributed by atoms with Gasteiger partial charge in [0, 0.05) is 24.2 Å². The maximum absolute atomic E-state index is 5.21. The summed E-state index contributed by atoms with van der Waals surface area (Å²) in [6.45, 7) is 7.79. The van der Waals surface area contributed by atoms with E-state index in [1.54, 1.807) is 7.11 Å². The third-order valence-corrected chi connectivity index (χ3v) is 4.66. The number of hydrogen-bond acceptors (Lipinski definition) is 4. The molecule has 1 aromatic heterocycles. The van der Waals surface area contributed by atoms with Crippen molar-refractivity contribution in [3.63, 3.8) is 0 Å². The van der Waals surface area contributed by atoms with Gasteiger partial charge in [-0.1, -0.05) is 6.92 Å². The minimum atomic E-state index is 0.770. The summed E-state index contributed by atoms with van der Waals surface area (Å²) in [5.41, 5.74) is 3.43. The molecule has 1 unspecified atom stereocenters. The molecular formula is C18H26N4O. The summed E-state index contributed by atoms with van der Waals surface area (Å²) in [4.78, 5) is 2.52. The second kappa shape index (κ2) is 7.62. The molecule has 23 heavy (non-hydrogen) atoms. The average Bonchev–Trinajstić information content (AvgIpc) is 3.24. The molecule has 2 aromatic rings. The fourth-order valence-electron chi connectivity index (χ4n) is 3.23. The Morgan fingerprint density at radius 1 is 1.35 bits per heavy atom. The Bertz CT molecular complexity index is 608. The molecule has 2 heterocycles. The number of methoxy groups -OCH3 is 1. The summed E-state index contributed by atoms with van der Waals surface area (Å²) in [6.07, 6.45) is 3.22. The molecule has 3 rings (SSSR count). The molecule has 5 nitrogen and oxygen atoms in total. The first-order valence-corrected chi connectivity index (χ1v) is 8.40. The van der Waals surface area contributed by atoms with Gasteiger partial charge in [0.2, 0.25) is 0 Å². The highest BCUT2D eigenvalue weighted by Gasteiger charge is 2.20. The van der Waals surface area contributed by atoms with Crippen LogP contribution in [0.3, 0.4) is 0 Å². The second-order valence-electron chi connectivity index (χ2n) is 6.18. The number of nitrogens with zero attached hydrogens (tertiary/aromatic N) is 2. The number of aromatic amines is 1. The lowest BCUT2D eigenvalue weighted by Gasteiger charge is -2.13. The largest absolute Gasteiger partial charge is 0.497 e. The van der Waals surface area contributed by atoms with E-state index in [1.165, 1.54) is 31.6 Å². The van der Waals surface area contributed by atoms with Gasteiger partial charge in [-0.25, -0.2) is 0 Å². The first-order chi connectivity index (χ1) is 11.3. The van der Waals surface area contributed by atoms with E-state index < -0.39 is 0 Å². The fraction of sp³-hybridized carbons (Fsp3) is 0.500. The topological polar surface area (TPSA) is 53.2 Å². The van der Waals surface area contributed by atoms with Crippen LogP contribution in [0, 0.1) is 5.92 Å². The molecule has 1 aliphatic rings. The maximum atomic E-state index is 5.21. The van der Waals surface area contributed by atoms with Crippen LogP contribution in [0.1, 0.15) is 18.9 Å². The highest BCUT2D eigenvalue weighted by atomic mass is 16.5. The van der Waals surface area contributed by atoms with Crippen molar-refractivity contribution >= 4 is 0 Å². The lowest BCUT2D eigenvalue weighted by atomic mass is 10.1. The third-order valence-electron chi connectivity index (χ3n) is 4.66. The molecule has 0 saturated carbocycles. The molecule has 1 fully saturated rings. The van der Waals surface area contributed by atoms with Crippen molar-refractivity contribution in [3.05, 3.63) is 36.0 Å². The van der Waals surface area contributed by atoms with Crippen molar-refractivity contribution in [2.24, 2.45) is 5.92 Å². The Balaban J connectivity index is 1.56. The number of likely N-dealkylation sites (tertiary alicyclic amines) is 1. The van der Waals surface area contributed by atoms with Crippen molar-refractivity contribution in [2.45, 2.75) is 19.9 Å². The van der Waals surface area contributed by atoms with E-state index in [-0.39, 0.29) is 0 Å². The standard InChI is InChI=1S/C18H26N4O/c1-3-22-9-8-14(13-22)10-19-11-16-12-20-21-18(16)15-4-6-17(23-2)7-5-15/h4-7,12,14,19H,3,8-11,13H2,1-2H3,(H,20,21). The van der Waals surface area contributed by atoms with Gasteiger partial charge >= 0.3 is 0 Å². The zero-order valence-electron chi connectivity index (χ0n) is 14.0. The Kier molecular flexibility index (Phi) is 5.31. The minimum absolute atomic E-state index is 0.770. The zero-order chi connectivity index (χ0) is 16.1. The molecule has 124 valence electrons. The summed E-state index contributed by atoms with van der Waals surface area (Å²) in [7, 11) is 1.68. The van der Waals surface area contributed by atoms with Crippen molar-refractivity contribution in [2.75, 3.05) is 33.3 Å². The SMILES string of the molecule is CCN1CCC(CNCc2cn[nH]c2-c2ccc(OC)cc2)C1. The van der Waals surface area contributed by atoms with Crippen molar-refractivity contribution in [1.29, 1.82) is 0 Å². The lowest BCUT2D eigenvalue weighted by Crippen LogP contribution is -2.26. The van der Waals surface area contributed by atoms with Crippen LogP contribution in [-0.4, -0.2) is 48.4 Å². The van der Waals surface area contributed by atoms with Gasteiger partial charge in [0.15, 0.2) is 0 Å². The number of nitrogens with one attached hydrogen (secondary N) is 2. The Labute approximate surface area is 138 Å². The Morgan fingerprint density at radius 3 is 2.87 bits per heavy atom. The molecule has 0 spiro atoms. The normalized spacial score (nSPS) is 18.4. The average molecular weight is 314 g/mol. The van der Waals surface area contributed by atoms with Crippen molar-refractivity contribution < 1.29 is 4.74 Å². The van der Waals surface area contributed by atoms with Crippen LogP contribution in [0.15, 0.2) is 30.5 Å². The molecule has 0 aliphatic carbocycles. The molecular weight excluding hydrogens is 288 g/mol. The first-order valence-electron chi connectivity index (χ1n) is 8.40. The summed E-state index contributed by atoms with van der Waals surface area (Å²) < 4.78 is 5.21. The molecule has 0 amide bonds. The fourth-order valence-corrected chi connectivity index (χ4v) is 3.23. The summed E-state index contributed by atoms with van der Waals surface area (Å²) in [5, 5.41) is 10.9.